The van der Waals surface area contributed by atoms with E-state index in [0.717, 1.165) is 18.1 Å². The Bertz CT molecular complexity index is 593. The molecule has 1 N–H and O–H groups in total. The molecule has 21 heavy (non-hydrogen) atoms. The molecule has 2 aromatic rings. The van der Waals surface area contributed by atoms with Gasteiger partial charge < -0.3 is 9.88 Å². The molecule has 0 amide bonds. The highest BCUT2D eigenvalue weighted by atomic mass is 32.1. The molecule has 0 radical (unpaired) electrons. The lowest BCUT2D eigenvalue weighted by Gasteiger charge is -2.19. The molecule has 1 atom stereocenters. The van der Waals surface area contributed by atoms with Gasteiger partial charge in [0.1, 0.15) is 0 Å². The van der Waals surface area contributed by atoms with E-state index in [1.165, 1.54) is 35.4 Å². The van der Waals surface area contributed by atoms with Crippen molar-refractivity contribution in [3.8, 4) is 0 Å². The number of aromatic nitrogens is 2. The normalized spacial score (nSPS) is 17.3. The van der Waals surface area contributed by atoms with Gasteiger partial charge in [-0.2, -0.15) is 0 Å². The van der Waals surface area contributed by atoms with Crippen molar-refractivity contribution in [2.24, 2.45) is 0 Å². The maximum absolute atomic E-state index is 4.70. The number of nitrogens with one attached hydrogen (secondary N) is 1. The molecule has 0 aromatic carbocycles. The second-order valence-electron chi connectivity index (χ2n) is 6.30. The third-order valence-electron chi connectivity index (χ3n) is 4.31. The van der Waals surface area contributed by atoms with Crippen molar-refractivity contribution < 1.29 is 0 Å². The SMILES string of the molecule is Cc1cn(C(C)Cc2ccc(C)s2)c(NC2CCCC2)n1. The average molecular weight is 303 g/mol. The number of hydrogen-bond donors (Lipinski definition) is 1. The molecule has 4 heteroatoms. The Morgan fingerprint density at radius 3 is 2.76 bits per heavy atom. The second kappa shape index (κ2) is 6.22. The number of rotatable bonds is 5. The molecule has 1 aliphatic rings. The number of thiophene rings is 1. The van der Waals surface area contributed by atoms with Crippen LogP contribution in [0.2, 0.25) is 0 Å². The van der Waals surface area contributed by atoms with E-state index in [1.807, 2.05) is 11.3 Å². The van der Waals surface area contributed by atoms with Crippen LogP contribution in [0.3, 0.4) is 0 Å². The Morgan fingerprint density at radius 2 is 2.10 bits per heavy atom. The molecule has 0 aliphatic heterocycles. The van der Waals surface area contributed by atoms with Gasteiger partial charge in [-0.1, -0.05) is 12.8 Å². The molecule has 1 aliphatic carbocycles. The van der Waals surface area contributed by atoms with Gasteiger partial charge in [0.25, 0.3) is 0 Å². The molecule has 2 heterocycles. The average Bonchev–Trinajstić information content (AvgIpc) is 3.13. The Labute approximate surface area is 131 Å². The number of imidazole rings is 1. The largest absolute Gasteiger partial charge is 0.353 e. The summed E-state index contributed by atoms with van der Waals surface area (Å²) in [5.41, 5.74) is 1.10. The lowest BCUT2D eigenvalue weighted by Crippen LogP contribution is -2.19. The number of aryl methyl sites for hydroxylation is 2. The minimum Gasteiger partial charge on any atom is -0.353 e. The summed E-state index contributed by atoms with van der Waals surface area (Å²) in [5, 5.41) is 3.66. The zero-order valence-electron chi connectivity index (χ0n) is 13.2. The van der Waals surface area contributed by atoms with Crippen molar-refractivity contribution in [1.82, 2.24) is 9.55 Å². The summed E-state index contributed by atoms with van der Waals surface area (Å²) in [6.07, 6.45) is 8.52. The zero-order valence-corrected chi connectivity index (χ0v) is 14.0. The van der Waals surface area contributed by atoms with E-state index in [4.69, 9.17) is 4.98 Å². The summed E-state index contributed by atoms with van der Waals surface area (Å²) < 4.78 is 2.32. The van der Waals surface area contributed by atoms with E-state index in [2.05, 4.69) is 49.0 Å². The number of nitrogens with zero attached hydrogens (tertiary/aromatic N) is 2. The number of hydrogen-bond acceptors (Lipinski definition) is 3. The predicted molar refractivity (Wildman–Crippen MR) is 90.3 cm³/mol. The van der Waals surface area contributed by atoms with E-state index in [0.29, 0.717) is 12.1 Å². The highest BCUT2D eigenvalue weighted by Crippen LogP contribution is 2.26. The minimum absolute atomic E-state index is 0.438. The van der Waals surface area contributed by atoms with Crippen LogP contribution in [0.15, 0.2) is 18.3 Å². The Kier molecular flexibility index (Phi) is 4.34. The van der Waals surface area contributed by atoms with Gasteiger partial charge in [-0.25, -0.2) is 4.98 Å². The van der Waals surface area contributed by atoms with Crippen molar-refractivity contribution in [2.75, 3.05) is 5.32 Å². The Hall–Kier alpha value is -1.29. The minimum atomic E-state index is 0.438. The Morgan fingerprint density at radius 1 is 1.33 bits per heavy atom. The molecular formula is C17H25N3S. The lowest BCUT2D eigenvalue weighted by molar-refractivity contribution is 0.548. The summed E-state index contributed by atoms with van der Waals surface area (Å²) >= 11 is 1.90. The van der Waals surface area contributed by atoms with Gasteiger partial charge in [0.05, 0.1) is 5.69 Å². The molecule has 1 unspecified atom stereocenters. The summed E-state index contributed by atoms with van der Waals surface area (Å²) in [7, 11) is 0. The lowest BCUT2D eigenvalue weighted by atomic mass is 10.2. The highest BCUT2D eigenvalue weighted by molar-refractivity contribution is 7.11. The second-order valence-corrected chi connectivity index (χ2v) is 7.68. The summed E-state index contributed by atoms with van der Waals surface area (Å²) in [4.78, 5) is 7.55. The zero-order chi connectivity index (χ0) is 14.8. The molecule has 3 rings (SSSR count). The fraction of sp³-hybridized carbons (Fsp3) is 0.588. The van der Waals surface area contributed by atoms with Crippen LogP contribution in [-0.4, -0.2) is 15.6 Å². The standard InChI is InChI=1S/C17H25N3S/c1-12-11-20(13(2)10-16-9-8-14(3)21-16)17(18-12)19-15-6-4-5-7-15/h8-9,11,13,15H,4-7,10H2,1-3H3,(H,18,19). The van der Waals surface area contributed by atoms with Crippen LogP contribution in [0.5, 0.6) is 0 Å². The topological polar surface area (TPSA) is 29.9 Å². The van der Waals surface area contributed by atoms with Gasteiger partial charge in [-0.3, -0.25) is 0 Å². The fourth-order valence-corrected chi connectivity index (χ4v) is 4.21. The van der Waals surface area contributed by atoms with E-state index >= 15 is 0 Å². The van der Waals surface area contributed by atoms with E-state index < -0.39 is 0 Å². The molecule has 1 fully saturated rings. The van der Waals surface area contributed by atoms with E-state index in [-0.39, 0.29) is 0 Å². The first kappa shape index (κ1) is 14.6. The van der Waals surface area contributed by atoms with Gasteiger partial charge in [-0.15, -0.1) is 11.3 Å². The monoisotopic (exact) mass is 303 g/mol. The van der Waals surface area contributed by atoms with Gasteiger partial charge in [-0.05, 0) is 45.7 Å². The van der Waals surface area contributed by atoms with Crippen molar-refractivity contribution in [3.63, 3.8) is 0 Å². The first-order valence-electron chi connectivity index (χ1n) is 7.99. The van der Waals surface area contributed by atoms with Gasteiger partial charge >= 0.3 is 0 Å². The van der Waals surface area contributed by atoms with Crippen LogP contribution in [0.1, 0.15) is 54.1 Å². The molecular weight excluding hydrogens is 278 g/mol. The third-order valence-corrected chi connectivity index (χ3v) is 5.33. The summed E-state index contributed by atoms with van der Waals surface area (Å²) in [5.74, 6) is 1.06. The van der Waals surface area contributed by atoms with Crippen LogP contribution in [-0.2, 0) is 6.42 Å². The molecule has 0 bridgehead atoms. The molecule has 0 saturated heterocycles. The maximum atomic E-state index is 4.70. The molecule has 114 valence electrons. The highest BCUT2D eigenvalue weighted by Gasteiger charge is 2.19. The first-order valence-corrected chi connectivity index (χ1v) is 8.81. The van der Waals surface area contributed by atoms with Crippen LogP contribution < -0.4 is 5.32 Å². The quantitative estimate of drug-likeness (QED) is 0.866. The molecule has 2 aromatic heterocycles. The van der Waals surface area contributed by atoms with Crippen molar-refractivity contribution in [1.29, 1.82) is 0 Å². The maximum Gasteiger partial charge on any atom is 0.203 e. The molecule has 3 nitrogen and oxygen atoms in total. The fourth-order valence-electron chi connectivity index (χ4n) is 3.20. The predicted octanol–water partition coefficient (Wildman–Crippen LogP) is 4.72. The van der Waals surface area contributed by atoms with Gasteiger partial charge in [0.2, 0.25) is 5.95 Å². The molecule has 0 spiro atoms. The summed E-state index contributed by atoms with van der Waals surface area (Å²) in [6.45, 7) is 6.54. The first-order chi connectivity index (χ1) is 10.1. The van der Waals surface area contributed by atoms with Crippen LogP contribution in [0, 0.1) is 13.8 Å². The van der Waals surface area contributed by atoms with Crippen molar-refractivity contribution in [2.45, 2.75) is 65.0 Å². The van der Waals surface area contributed by atoms with Crippen LogP contribution >= 0.6 is 11.3 Å². The van der Waals surface area contributed by atoms with E-state index in [1.54, 1.807) is 0 Å². The summed E-state index contributed by atoms with van der Waals surface area (Å²) in [6, 6.07) is 5.52. The smallest absolute Gasteiger partial charge is 0.203 e. The van der Waals surface area contributed by atoms with E-state index in [9.17, 15) is 0 Å². The molecule has 1 saturated carbocycles. The van der Waals surface area contributed by atoms with Gasteiger partial charge in [0, 0.05) is 34.5 Å². The number of anilines is 1. The van der Waals surface area contributed by atoms with Crippen molar-refractivity contribution in [3.05, 3.63) is 33.8 Å². The van der Waals surface area contributed by atoms with Crippen LogP contribution in [0.25, 0.3) is 0 Å². The van der Waals surface area contributed by atoms with Crippen molar-refractivity contribution >= 4 is 17.3 Å². The van der Waals surface area contributed by atoms with Crippen LogP contribution in [0.4, 0.5) is 5.95 Å². The Balaban J connectivity index is 1.73. The third kappa shape index (κ3) is 3.49. The van der Waals surface area contributed by atoms with Gasteiger partial charge in [0.15, 0.2) is 0 Å².